The lowest BCUT2D eigenvalue weighted by Gasteiger charge is -2.22. The Hall–Kier alpha value is -3.09. The third kappa shape index (κ3) is 4.55. The second-order valence-electron chi connectivity index (χ2n) is 7.42. The molecule has 1 aromatic carbocycles. The molecule has 0 spiro atoms. The molecule has 0 bridgehead atoms. The largest absolute Gasteiger partial charge is 0.444 e. The van der Waals surface area contributed by atoms with Crippen molar-refractivity contribution in [3.05, 3.63) is 48.8 Å². The van der Waals surface area contributed by atoms with Gasteiger partial charge in [0.1, 0.15) is 11.3 Å². The molecule has 3 rings (SSSR count). The molecular weight excluding hydrogens is 344 g/mol. The van der Waals surface area contributed by atoms with Crippen molar-refractivity contribution in [1.29, 1.82) is 0 Å². The summed E-state index contributed by atoms with van der Waals surface area (Å²) in [4.78, 5) is 12.1. The molecule has 7 nitrogen and oxygen atoms in total. The lowest BCUT2D eigenvalue weighted by atomic mass is 10.1. The third-order valence-corrected chi connectivity index (χ3v) is 3.88. The van der Waals surface area contributed by atoms with Gasteiger partial charge in [-0.05, 0) is 45.4 Å². The standard InChI is InChI=1S/C20H24N4O3/c1-6-7-16(21-19(25)26-20(2,3)4)17-11-18(27-23-17)13-8-9-15-14(10-13)12-24(5)22-15/h6,8-12,16H,1,7H2,2-5H3,(H,21,25)/t16-/m0/s1. The summed E-state index contributed by atoms with van der Waals surface area (Å²) in [6, 6.07) is 7.31. The smallest absolute Gasteiger partial charge is 0.408 e. The SMILES string of the molecule is C=CC[C@H](NC(=O)OC(C)(C)C)c1cc(-c2ccc3nn(C)cc3c2)on1. The number of aromatic nitrogens is 3. The molecule has 0 radical (unpaired) electrons. The number of carbonyl (C=O) groups is 1. The normalized spacial score (nSPS) is 12.7. The van der Waals surface area contributed by atoms with Gasteiger partial charge in [0.2, 0.25) is 0 Å². The minimum absolute atomic E-state index is 0.378. The Labute approximate surface area is 158 Å². The Bertz CT molecular complexity index is 965. The van der Waals surface area contributed by atoms with E-state index in [1.807, 2.05) is 58.3 Å². The number of fused-ring (bicyclic) bond motifs is 1. The zero-order valence-electron chi connectivity index (χ0n) is 16.0. The number of nitrogens with zero attached hydrogens (tertiary/aromatic N) is 3. The molecule has 2 heterocycles. The second-order valence-corrected chi connectivity index (χ2v) is 7.42. The predicted octanol–water partition coefficient (Wildman–Crippen LogP) is 4.37. The Morgan fingerprint density at radius 2 is 2.19 bits per heavy atom. The summed E-state index contributed by atoms with van der Waals surface area (Å²) in [5, 5.41) is 12.3. The van der Waals surface area contributed by atoms with Crippen LogP contribution < -0.4 is 5.32 Å². The zero-order valence-corrected chi connectivity index (χ0v) is 16.0. The summed E-state index contributed by atoms with van der Waals surface area (Å²) in [7, 11) is 1.88. The Morgan fingerprint density at radius 1 is 1.41 bits per heavy atom. The highest BCUT2D eigenvalue weighted by molar-refractivity contribution is 5.83. The van der Waals surface area contributed by atoms with Gasteiger partial charge >= 0.3 is 6.09 Å². The monoisotopic (exact) mass is 368 g/mol. The highest BCUT2D eigenvalue weighted by Gasteiger charge is 2.22. The van der Waals surface area contributed by atoms with Crippen LogP contribution in [0.15, 0.2) is 47.6 Å². The average molecular weight is 368 g/mol. The number of hydrogen-bond acceptors (Lipinski definition) is 5. The van der Waals surface area contributed by atoms with Crippen LogP contribution in [0.3, 0.4) is 0 Å². The molecule has 0 unspecified atom stereocenters. The molecule has 0 aliphatic carbocycles. The molecule has 1 N–H and O–H groups in total. The summed E-state index contributed by atoms with van der Waals surface area (Å²) >= 11 is 0. The van der Waals surface area contributed by atoms with E-state index in [1.54, 1.807) is 10.8 Å². The van der Waals surface area contributed by atoms with Gasteiger partial charge < -0.3 is 14.6 Å². The molecule has 0 saturated heterocycles. The summed E-state index contributed by atoms with van der Waals surface area (Å²) in [6.07, 6.45) is 3.67. The van der Waals surface area contributed by atoms with E-state index in [0.29, 0.717) is 17.9 Å². The minimum atomic E-state index is -0.572. The molecular formula is C20H24N4O3. The molecule has 0 fully saturated rings. The fraction of sp³-hybridized carbons (Fsp3) is 0.350. The Balaban J connectivity index is 1.82. The van der Waals surface area contributed by atoms with Crippen LogP contribution in [-0.2, 0) is 11.8 Å². The highest BCUT2D eigenvalue weighted by atomic mass is 16.6. The number of alkyl carbamates (subject to hydrolysis) is 1. The van der Waals surface area contributed by atoms with Crippen LogP contribution in [0.2, 0.25) is 0 Å². The van der Waals surface area contributed by atoms with E-state index in [0.717, 1.165) is 16.5 Å². The summed E-state index contributed by atoms with van der Waals surface area (Å²) in [6.45, 7) is 9.20. The Morgan fingerprint density at radius 3 is 2.89 bits per heavy atom. The quantitative estimate of drug-likeness (QED) is 0.676. The number of aryl methyl sites for hydroxylation is 1. The maximum atomic E-state index is 12.1. The van der Waals surface area contributed by atoms with Gasteiger partial charge in [-0.15, -0.1) is 6.58 Å². The van der Waals surface area contributed by atoms with Gasteiger partial charge in [0, 0.05) is 30.3 Å². The number of hydrogen-bond donors (Lipinski definition) is 1. The number of carbonyl (C=O) groups excluding carboxylic acids is 1. The highest BCUT2D eigenvalue weighted by Crippen LogP contribution is 2.27. The molecule has 7 heteroatoms. The molecule has 0 aliphatic rings. The van der Waals surface area contributed by atoms with E-state index < -0.39 is 11.7 Å². The van der Waals surface area contributed by atoms with Crippen LogP contribution in [-0.4, -0.2) is 26.6 Å². The maximum Gasteiger partial charge on any atom is 0.408 e. The van der Waals surface area contributed by atoms with E-state index in [9.17, 15) is 4.79 Å². The first-order valence-corrected chi connectivity index (χ1v) is 8.76. The summed E-state index contributed by atoms with van der Waals surface area (Å²) in [5.41, 5.74) is 1.85. The molecule has 2 aromatic heterocycles. The van der Waals surface area contributed by atoms with Gasteiger partial charge in [-0.2, -0.15) is 5.10 Å². The van der Waals surface area contributed by atoms with E-state index >= 15 is 0 Å². The van der Waals surface area contributed by atoms with Gasteiger partial charge in [0.15, 0.2) is 5.76 Å². The second kappa shape index (κ2) is 7.26. The van der Waals surface area contributed by atoms with Crippen molar-refractivity contribution in [3.8, 4) is 11.3 Å². The van der Waals surface area contributed by atoms with Crippen LogP contribution in [0.25, 0.3) is 22.2 Å². The van der Waals surface area contributed by atoms with Crippen molar-refractivity contribution in [2.45, 2.75) is 38.8 Å². The van der Waals surface area contributed by atoms with Gasteiger partial charge in [-0.25, -0.2) is 4.79 Å². The third-order valence-electron chi connectivity index (χ3n) is 3.88. The lowest BCUT2D eigenvalue weighted by Crippen LogP contribution is -2.35. The van der Waals surface area contributed by atoms with Gasteiger partial charge in [0.25, 0.3) is 0 Å². The van der Waals surface area contributed by atoms with Crippen molar-refractivity contribution < 1.29 is 14.1 Å². The topological polar surface area (TPSA) is 82.2 Å². The number of amides is 1. The first kappa shape index (κ1) is 18.7. The minimum Gasteiger partial charge on any atom is -0.444 e. The molecule has 1 atom stereocenters. The van der Waals surface area contributed by atoms with Crippen molar-refractivity contribution in [3.63, 3.8) is 0 Å². The van der Waals surface area contributed by atoms with Crippen LogP contribution in [0.1, 0.15) is 38.9 Å². The molecule has 0 saturated carbocycles. The van der Waals surface area contributed by atoms with Gasteiger partial charge in [-0.1, -0.05) is 11.2 Å². The zero-order chi connectivity index (χ0) is 19.6. The first-order valence-electron chi connectivity index (χ1n) is 8.76. The van der Waals surface area contributed by atoms with Gasteiger partial charge in [-0.3, -0.25) is 4.68 Å². The molecule has 27 heavy (non-hydrogen) atoms. The Kier molecular flexibility index (Phi) is 5.03. The van der Waals surface area contributed by atoms with Crippen molar-refractivity contribution in [1.82, 2.24) is 20.3 Å². The number of ether oxygens (including phenoxy) is 1. The fourth-order valence-electron chi connectivity index (χ4n) is 2.76. The maximum absolute atomic E-state index is 12.1. The van der Waals surface area contributed by atoms with Gasteiger partial charge in [0.05, 0.1) is 11.6 Å². The van der Waals surface area contributed by atoms with E-state index in [-0.39, 0.29) is 6.04 Å². The first-order chi connectivity index (χ1) is 12.7. The van der Waals surface area contributed by atoms with Crippen LogP contribution >= 0.6 is 0 Å². The number of benzene rings is 1. The van der Waals surface area contributed by atoms with Crippen molar-refractivity contribution in [2.24, 2.45) is 7.05 Å². The van der Waals surface area contributed by atoms with Crippen LogP contribution in [0.5, 0.6) is 0 Å². The van der Waals surface area contributed by atoms with Crippen molar-refractivity contribution in [2.75, 3.05) is 0 Å². The van der Waals surface area contributed by atoms with E-state index in [2.05, 4.69) is 22.2 Å². The predicted molar refractivity (Wildman–Crippen MR) is 103 cm³/mol. The summed E-state index contributed by atoms with van der Waals surface area (Å²) < 4.78 is 12.6. The van der Waals surface area contributed by atoms with E-state index in [4.69, 9.17) is 9.26 Å². The molecule has 3 aromatic rings. The number of nitrogens with one attached hydrogen (secondary N) is 1. The fourth-order valence-corrected chi connectivity index (χ4v) is 2.76. The lowest BCUT2D eigenvalue weighted by molar-refractivity contribution is 0.0502. The van der Waals surface area contributed by atoms with Crippen LogP contribution in [0.4, 0.5) is 4.79 Å². The molecule has 0 aliphatic heterocycles. The molecule has 1 amide bonds. The van der Waals surface area contributed by atoms with Crippen LogP contribution in [0, 0.1) is 0 Å². The average Bonchev–Trinajstić information content (AvgIpc) is 3.17. The summed E-state index contributed by atoms with van der Waals surface area (Å²) in [5.74, 6) is 0.621. The van der Waals surface area contributed by atoms with E-state index in [1.165, 1.54) is 0 Å². The molecule has 142 valence electrons. The van der Waals surface area contributed by atoms with Crippen molar-refractivity contribution >= 4 is 17.0 Å². The number of rotatable bonds is 5.